The van der Waals surface area contributed by atoms with Crippen molar-refractivity contribution in [3.63, 3.8) is 0 Å². The summed E-state index contributed by atoms with van der Waals surface area (Å²) < 4.78 is 18.9. The summed E-state index contributed by atoms with van der Waals surface area (Å²) in [7, 11) is 1.46. The standard InChI is InChI=1S/C37H40Br2N4O10/c1-20-22(16-51-32-28(38)12-24(30(41-32)50-5)14-40-36(3,18-44)34(46)47)8-6-10-26(20)27-11-7-9-23(21(27)2)17-52-33-29(39)13-25-15-43(53-31(25)42-33)37(4,19-45)35(48)49/h6-13,40,44-45H,14-19H2,1-5H3,(H,46,47)(H,48,49). The second kappa shape index (κ2) is 16.4. The van der Waals surface area contributed by atoms with Crippen LogP contribution in [0.2, 0.25) is 0 Å². The van der Waals surface area contributed by atoms with Crippen molar-refractivity contribution in [3.8, 4) is 34.6 Å². The first kappa shape index (κ1) is 39.9. The van der Waals surface area contributed by atoms with Crippen molar-refractivity contribution < 1.29 is 49.1 Å². The normalized spacial score (nSPS) is 14.8. The zero-order valence-electron chi connectivity index (χ0n) is 29.7. The van der Waals surface area contributed by atoms with E-state index in [4.69, 9.17) is 19.0 Å². The lowest BCUT2D eigenvalue weighted by atomic mass is 9.92. The summed E-state index contributed by atoms with van der Waals surface area (Å²) in [5, 5.41) is 42.5. The smallest absolute Gasteiger partial charge is 0.329 e. The second-order valence-corrected chi connectivity index (χ2v) is 14.7. The molecule has 0 spiro atoms. The second-order valence-electron chi connectivity index (χ2n) is 13.0. The summed E-state index contributed by atoms with van der Waals surface area (Å²) in [5.41, 5.74) is 3.94. The number of benzene rings is 2. The number of halogens is 2. The Morgan fingerprint density at radius 2 is 1.42 bits per heavy atom. The van der Waals surface area contributed by atoms with Gasteiger partial charge in [-0.15, -0.1) is 5.06 Å². The molecule has 5 rings (SSSR count). The van der Waals surface area contributed by atoms with Crippen molar-refractivity contribution in [2.24, 2.45) is 0 Å². The summed E-state index contributed by atoms with van der Waals surface area (Å²) in [4.78, 5) is 38.1. The Hall–Kier alpha value is -4.32. The quantitative estimate of drug-likeness (QED) is 0.0972. The van der Waals surface area contributed by atoms with Crippen molar-refractivity contribution in [2.45, 2.75) is 65.1 Å². The number of carboxylic acids is 2. The number of hydrogen-bond donors (Lipinski definition) is 5. The summed E-state index contributed by atoms with van der Waals surface area (Å²) >= 11 is 7.02. The van der Waals surface area contributed by atoms with Crippen LogP contribution in [0.4, 0.5) is 0 Å². The first-order valence-corrected chi connectivity index (χ1v) is 18.0. The van der Waals surface area contributed by atoms with E-state index in [0.29, 0.717) is 26.0 Å². The molecule has 5 N–H and O–H groups in total. The minimum Gasteiger partial charge on any atom is -0.481 e. The fourth-order valence-electron chi connectivity index (χ4n) is 5.55. The number of aromatic nitrogens is 2. The maximum absolute atomic E-state index is 11.8. The van der Waals surface area contributed by atoms with Crippen molar-refractivity contribution in [1.82, 2.24) is 20.3 Å². The van der Waals surface area contributed by atoms with Gasteiger partial charge in [-0.1, -0.05) is 36.4 Å². The van der Waals surface area contributed by atoms with Crippen molar-refractivity contribution >= 4 is 43.8 Å². The number of aliphatic carboxylic acids is 2. The molecular weight excluding hydrogens is 820 g/mol. The van der Waals surface area contributed by atoms with E-state index >= 15 is 0 Å². The number of carboxylic acid groups (broad SMARTS) is 2. The molecule has 3 heterocycles. The summed E-state index contributed by atoms with van der Waals surface area (Å²) in [6.07, 6.45) is 0. The highest BCUT2D eigenvalue weighted by molar-refractivity contribution is 9.10. The number of ether oxygens (including phenoxy) is 3. The van der Waals surface area contributed by atoms with E-state index in [2.05, 4.69) is 47.1 Å². The van der Waals surface area contributed by atoms with Gasteiger partial charge >= 0.3 is 11.9 Å². The van der Waals surface area contributed by atoms with Gasteiger partial charge < -0.3 is 39.5 Å². The SMILES string of the molecule is COc1nc(OCc2cccc(-c3cccc(COc4nc5c(cc4Br)CN(C(C)(CO)C(=O)O)O5)c3C)c2C)c(Br)cc1CNC(C)(CO)C(=O)O. The van der Waals surface area contributed by atoms with Gasteiger partial charge in [0.15, 0.2) is 5.54 Å². The Balaban J connectivity index is 1.30. The van der Waals surface area contributed by atoms with E-state index in [9.17, 15) is 30.0 Å². The van der Waals surface area contributed by atoms with Crippen LogP contribution in [0, 0.1) is 13.8 Å². The number of pyridine rings is 2. The summed E-state index contributed by atoms with van der Waals surface area (Å²) in [5.74, 6) is -1.38. The summed E-state index contributed by atoms with van der Waals surface area (Å²) in [6.45, 7) is 6.18. The average molecular weight is 861 g/mol. The molecule has 53 heavy (non-hydrogen) atoms. The van der Waals surface area contributed by atoms with Crippen LogP contribution in [-0.2, 0) is 35.9 Å². The van der Waals surface area contributed by atoms with Gasteiger partial charge in [0, 0.05) is 17.7 Å². The maximum Gasteiger partial charge on any atom is 0.329 e. The van der Waals surface area contributed by atoms with Gasteiger partial charge in [-0.2, -0.15) is 9.97 Å². The molecule has 2 aromatic carbocycles. The monoisotopic (exact) mass is 858 g/mol. The number of methoxy groups -OCH3 is 1. The van der Waals surface area contributed by atoms with E-state index in [1.807, 2.05) is 50.2 Å². The minimum absolute atomic E-state index is 0.0802. The average Bonchev–Trinajstić information content (AvgIpc) is 3.56. The molecule has 282 valence electrons. The highest BCUT2D eigenvalue weighted by Crippen LogP contribution is 2.38. The molecule has 0 bridgehead atoms. The number of nitrogens with zero attached hydrogens (tertiary/aromatic N) is 3. The molecule has 4 aromatic rings. The number of carbonyl (C=O) groups is 2. The van der Waals surface area contributed by atoms with Crippen LogP contribution in [0.3, 0.4) is 0 Å². The molecule has 1 aliphatic heterocycles. The van der Waals surface area contributed by atoms with Gasteiger partial charge in [0.2, 0.25) is 23.5 Å². The highest BCUT2D eigenvalue weighted by Gasteiger charge is 2.45. The number of aliphatic hydroxyl groups excluding tert-OH is 2. The number of hydrogen-bond acceptors (Lipinski definition) is 12. The van der Waals surface area contributed by atoms with Crippen LogP contribution in [-0.4, -0.2) is 78.8 Å². The molecule has 2 atom stereocenters. The fourth-order valence-corrected chi connectivity index (χ4v) is 6.51. The molecular formula is C37H40Br2N4O10. The van der Waals surface area contributed by atoms with Crippen molar-refractivity contribution in [1.29, 1.82) is 0 Å². The molecule has 1 aliphatic rings. The van der Waals surface area contributed by atoms with Crippen LogP contribution in [0.15, 0.2) is 57.5 Å². The van der Waals surface area contributed by atoms with Crippen LogP contribution in [0.5, 0.6) is 23.5 Å². The van der Waals surface area contributed by atoms with E-state index in [-0.39, 0.29) is 43.9 Å². The maximum atomic E-state index is 11.8. The number of aliphatic hydroxyl groups is 2. The van der Waals surface area contributed by atoms with E-state index in [0.717, 1.165) is 33.4 Å². The molecule has 0 radical (unpaired) electrons. The van der Waals surface area contributed by atoms with Crippen LogP contribution in [0.25, 0.3) is 11.1 Å². The first-order valence-electron chi connectivity index (χ1n) is 16.4. The Labute approximate surface area is 322 Å². The van der Waals surface area contributed by atoms with E-state index < -0.39 is 36.2 Å². The van der Waals surface area contributed by atoms with Crippen molar-refractivity contribution in [2.75, 3.05) is 20.3 Å². The number of fused-ring (bicyclic) bond motifs is 1. The zero-order valence-corrected chi connectivity index (χ0v) is 32.9. The van der Waals surface area contributed by atoms with E-state index in [1.54, 1.807) is 12.1 Å². The molecule has 16 heteroatoms. The number of rotatable bonds is 16. The molecule has 14 nitrogen and oxygen atoms in total. The highest BCUT2D eigenvalue weighted by atomic mass is 79.9. The first-order chi connectivity index (χ1) is 25.1. The van der Waals surface area contributed by atoms with Gasteiger partial charge in [0.1, 0.15) is 18.8 Å². The number of hydroxylamine groups is 2. The number of nitrogens with one attached hydrogen (secondary N) is 1. The topological polar surface area (TPSA) is 193 Å². The Kier molecular flexibility index (Phi) is 12.3. The predicted molar refractivity (Wildman–Crippen MR) is 200 cm³/mol. The lowest BCUT2D eigenvalue weighted by molar-refractivity contribution is -0.185. The Morgan fingerprint density at radius 1 is 0.849 bits per heavy atom. The van der Waals surface area contributed by atoms with Crippen LogP contribution < -0.4 is 24.4 Å². The third-order valence-electron chi connectivity index (χ3n) is 9.36. The zero-order chi connectivity index (χ0) is 38.7. The third kappa shape index (κ3) is 8.27. The van der Waals surface area contributed by atoms with Gasteiger partial charge in [-0.25, -0.2) is 4.79 Å². The Morgan fingerprint density at radius 3 is 1.92 bits per heavy atom. The lowest BCUT2D eigenvalue weighted by Gasteiger charge is -2.30. The fraction of sp³-hybridized carbons (Fsp3) is 0.351. The van der Waals surface area contributed by atoms with Crippen molar-refractivity contribution in [3.05, 3.63) is 90.9 Å². The summed E-state index contributed by atoms with van der Waals surface area (Å²) in [6, 6.07) is 15.5. The molecule has 0 amide bonds. The molecule has 2 unspecified atom stereocenters. The molecule has 0 saturated heterocycles. The predicted octanol–water partition coefficient (Wildman–Crippen LogP) is 5.32. The molecule has 0 fully saturated rings. The Bertz CT molecular complexity index is 2030. The largest absolute Gasteiger partial charge is 0.481 e. The van der Waals surface area contributed by atoms with Gasteiger partial charge in [-0.05, 0) is 105 Å². The van der Waals surface area contributed by atoms with Gasteiger partial charge in [0.05, 0.1) is 35.8 Å². The lowest BCUT2D eigenvalue weighted by Crippen LogP contribution is -2.54. The molecule has 2 aromatic heterocycles. The third-order valence-corrected chi connectivity index (χ3v) is 10.5. The van der Waals surface area contributed by atoms with Gasteiger partial charge in [-0.3, -0.25) is 10.1 Å². The minimum atomic E-state index is -1.64. The van der Waals surface area contributed by atoms with Crippen LogP contribution in [0.1, 0.15) is 47.2 Å². The van der Waals surface area contributed by atoms with Gasteiger partial charge in [0.25, 0.3) is 0 Å². The molecule has 0 aliphatic carbocycles. The van der Waals surface area contributed by atoms with E-state index in [1.165, 1.54) is 26.0 Å². The molecule has 0 saturated carbocycles. The van der Waals surface area contributed by atoms with Crippen LogP contribution >= 0.6 is 31.9 Å².